The number of nitrogens with two attached hydrogens (primary N) is 1. The predicted molar refractivity (Wildman–Crippen MR) is 62.4 cm³/mol. The Balaban J connectivity index is 2.63. The maximum absolute atomic E-state index is 11.1. The number of benzene rings is 1. The number of aromatic nitrogens is 1. The van der Waals surface area contributed by atoms with E-state index in [1.54, 1.807) is 0 Å². The van der Waals surface area contributed by atoms with Gasteiger partial charge in [-0.1, -0.05) is 12.1 Å². The highest BCUT2D eigenvalue weighted by atomic mass is 16.4. The molecule has 0 bridgehead atoms. The Morgan fingerprint density at radius 3 is 2.88 bits per heavy atom. The molecule has 1 unspecified atom stereocenters. The van der Waals surface area contributed by atoms with E-state index in [1.807, 2.05) is 42.1 Å². The van der Waals surface area contributed by atoms with Crippen molar-refractivity contribution in [2.45, 2.75) is 5.92 Å². The van der Waals surface area contributed by atoms with E-state index < -0.39 is 11.9 Å². The number of nitrogens with zero attached hydrogens (tertiary/aromatic N) is 1. The van der Waals surface area contributed by atoms with Gasteiger partial charge in [0.1, 0.15) is 0 Å². The van der Waals surface area contributed by atoms with Crippen LogP contribution in [0.25, 0.3) is 10.9 Å². The van der Waals surface area contributed by atoms with Crippen LogP contribution in [0.1, 0.15) is 11.5 Å². The number of fused-ring (bicyclic) bond motifs is 1. The number of hydrogen-bond acceptors (Lipinski definition) is 2. The van der Waals surface area contributed by atoms with E-state index in [2.05, 4.69) is 0 Å². The minimum atomic E-state index is -0.876. The fraction of sp³-hybridized carbons (Fsp3) is 0.250. The van der Waals surface area contributed by atoms with Gasteiger partial charge in [-0.15, -0.1) is 0 Å². The van der Waals surface area contributed by atoms with Gasteiger partial charge in [0.05, 0.1) is 5.92 Å². The van der Waals surface area contributed by atoms with Crippen LogP contribution in [0.15, 0.2) is 30.5 Å². The molecule has 1 atom stereocenters. The number of rotatable bonds is 3. The number of aryl methyl sites for hydroxylation is 1. The Labute approximate surface area is 93.3 Å². The van der Waals surface area contributed by atoms with Gasteiger partial charge < -0.3 is 15.4 Å². The Bertz CT molecular complexity index is 531. The molecule has 0 aliphatic carbocycles. The van der Waals surface area contributed by atoms with Gasteiger partial charge in [0.25, 0.3) is 0 Å². The second-order valence-corrected chi connectivity index (χ2v) is 3.83. The Morgan fingerprint density at radius 2 is 2.25 bits per heavy atom. The van der Waals surface area contributed by atoms with Crippen LogP contribution in [0.3, 0.4) is 0 Å². The molecule has 2 rings (SSSR count). The standard InChI is InChI=1S/C12H14N2O2/c1-14-6-5-9-8(3-2-4-11(9)14)10(7-13)12(15)16/h2-6,10H,7,13H2,1H3,(H,15,16). The van der Waals surface area contributed by atoms with Gasteiger partial charge in [-0.3, -0.25) is 4.79 Å². The molecule has 4 nitrogen and oxygen atoms in total. The summed E-state index contributed by atoms with van der Waals surface area (Å²) in [5.41, 5.74) is 7.33. The van der Waals surface area contributed by atoms with E-state index in [4.69, 9.17) is 10.8 Å². The molecule has 0 aliphatic heterocycles. The maximum Gasteiger partial charge on any atom is 0.312 e. The summed E-state index contributed by atoms with van der Waals surface area (Å²) in [6.45, 7) is 0.114. The summed E-state index contributed by atoms with van der Waals surface area (Å²) >= 11 is 0. The lowest BCUT2D eigenvalue weighted by molar-refractivity contribution is -0.138. The Morgan fingerprint density at radius 1 is 1.50 bits per heavy atom. The van der Waals surface area contributed by atoms with Crippen LogP contribution in [0.5, 0.6) is 0 Å². The third-order valence-electron chi connectivity index (χ3n) is 2.87. The molecule has 0 saturated heterocycles. The molecule has 4 heteroatoms. The molecule has 1 aromatic heterocycles. The zero-order valence-corrected chi connectivity index (χ0v) is 9.05. The summed E-state index contributed by atoms with van der Waals surface area (Å²) < 4.78 is 1.97. The highest BCUT2D eigenvalue weighted by Gasteiger charge is 2.20. The van der Waals surface area contributed by atoms with Crippen molar-refractivity contribution in [1.29, 1.82) is 0 Å². The molecule has 0 fully saturated rings. The Hall–Kier alpha value is -1.81. The molecule has 16 heavy (non-hydrogen) atoms. The third kappa shape index (κ3) is 1.57. The van der Waals surface area contributed by atoms with Crippen molar-refractivity contribution in [3.05, 3.63) is 36.0 Å². The SMILES string of the molecule is Cn1ccc2c(C(CN)C(=O)O)cccc21. The lowest BCUT2D eigenvalue weighted by Gasteiger charge is -2.11. The highest BCUT2D eigenvalue weighted by molar-refractivity contribution is 5.89. The molecule has 0 saturated carbocycles. The summed E-state index contributed by atoms with van der Waals surface area (Å²) in [5.74, 6) is -1.51. The molecular formula is C12H14N2O2. The zero-order chi connectivity index (χ0) is 11.7. The van der Waals surface area contributed by atoms with Crippen LogP contribution < -0.4 is 5.73 Å². The summed E-state index contributed by atoms with van der Waals surface area (Å²) in [5, 5.41) is 10.1. The summed E-state index contributed by atoms with van der Waals surface area (Å²) in [7, 11) is 1.93. The van der Waals surface area contributed by atoms with Crippen molar-refractivity contribution in [2.75, 3.05) is 6.54 Å². The number of carbonyl (C=O) groups is 1. The van der Waals surface area contributed by atoms with Crippen molar-refractivity contribution < 1.29 is 9.90 Å². The molecule has 0 radical (unpaired) electrons. The van der Waals surface area contributed by atoms with E-state index in [0.29, 0.717) is 0 Å². The minimum absolute atomic E-state index is 0.114. The lowest BCUT2D eigenvalue weighted by Crippen LogP contribution is -2.21. The zero-order valence-electron chi connectivity index (χ0n) is 9.05. The summed E-state index contributed by atoms with van der Waals surface area (Å²) in [6.07, 6.45) is 1.92. The van der Waals surface area contributed by atoms with E-state index in [1.165, 1.54) is 0 Å². The van der Waals surface area contributed by atoms with Gasteiger partial charge in [0.15, 0.2) is 0 Å². The quantitative estimate of drug-likeness (QED) is 0.816. The first-order valence-electron chi connectivity index (χ1n) is 5.12. The van der Waals surface area contributed by atoms with Crippen LogP contribution in [0.2, 0.25) is 0 Å². The molecule has 2 aromatic rings. The van der Waals surface area contributed by atoms with Gasteiger partial charge in [0, 0.05) is 30.7 Å². The molecular weight excluding hydrogens is 204 g/mol. The monoisotopic (exact) mass is 218 g/mol. The number of carboxylic acid groups (broad SMARTS) is 1. The molecule has 84 valence electrons. The first kappa shape index (κ1) is 10.7. The van der Waals surface area contributed by atoms with Gasteiger partial charge >= 0.3 is 5.97 Å². The van der Waals surface area contributed by atoms with Crippen LogP contribution in [0.4, 0.5) is 0 Å². The molecule has 0 aliphatic rings. The average molecular weight is 218 g/mol. The van der Waals surface area contributed by atoms with Gasteiger partial charge in [-0.2, -0.15) is 0 Å². The van der Waals surface area contributed by atoms with Crippen molar-refractivity contribution in [2.24, 2.45) is 12.8 Å². The molecule has 3 N–H and O–H groups in total. The van der Waals surface area contributed by atoms with Crippen LogP contribution in [-0.4, -0.2) is 22.2 Å². The first-order chi connectivity index (χ1) is 7.65. The van der Waals surface area contributed by atoms with E-state index in [9.17, 15) is 4.79 Å². The normalized spacial score (nSPS) is 12.9. The number of hydrogen-bond donors (Lipinski definition) is 2. The van der Waals surface area contributed by atoms with Crippen molar-refractivity contribution in [1.82, 2.24) is 4.57 Å². The topological polar surface area (TPSA) is 68.2 Å². The third-order valence-corrected chi connectivity index (χ3v) is 2.87. The number of aliphatic carboxylic acids is 1. The fourth-order valence-corrected chi connectivity index (χ4v) is 1.99. The van der Waals surface area contributed by atoms with Crippen molar-refractivity contribution in [3.8, 4) is 0 Å². The fourth-order valence-electron chi connectivity index (χ4n) is 1.99. The highest BCUT2D eigenvalue weighted by Crippen LogP contribution is 2.25. The van der Waals surface area contributed by atoms with E-state index in [0.717, 1.165) is 16.5 Å². The smallest absolute Gasteiger partial charge is 0.312 e. The average Bonchev–Trinajstić information content (AvgIpc) is 2.62. The number of carboxylic acids is 1. The van der Waals surface area contributed by atoms with Crippen LogP contribution in [0, 0.1) is 0 Å². The summed E-state index contributed by atoms with van der Waals surface area (Å²) in [4.78, 5) is 11.1. The van der Waals surface area contributed by atoms with Gasteiger partial charge in [-0.05, 0) is 17.7 Å². The summed E-state index contributed by atoms with van der Waals surface area (Å²) in [6, 6.07) is 7.59. The largest absolute Gasteiger partial charge is 0.481 e. The van der Waals surface area contributed by atoms with Gasteiger partial charge in [0.2, 0.25) is 0 Å². The van der Waals surface area contributed by atoms with E-state index >= 15 is 0 Å². The Kier molecular flexibility index (Phi) is 2.66. The van der Waals surface area contributed by atoms with E-state index in [-0.39, 0.29) is 6.54 Å². The predicted octanol–water partition coefficient (Wildman–Crippen LogP) is 1.31. The lowest BCUT2D eigenvalue weighted by atomic mass is 9.96. The second kappa shape index (κ2) is 3.98. The van der Waals surface area contributed by atoms with Crippen molar-refractivity contribution in [3.63, 3.8) is 0 Å². The first-order valence-corrected chi connectivity index (χ1v) is 5.12. The van der Waals surface area contributed by atoms with Crippen LogP contribution in [-0.2, 0) is 11.8 Å². The molecule has 1 heterocycles. The second-order valence-electron chi connectivity index (χ2n) is 3.83. The van der Waals surface area contributed by atoms with Gasteiger partial charge in [-0.25, -0.2) is 0 Å². The van der Waals surface area contributed by atoms with Crippen LogP contribution >= 0.6 is 0 Å². The molecule has 0 spiro atoms. The molecule has 0 amide bonds. The molecule has 1 aromatic carbocycles. The minimum Gasteiger partial charge on any atom is -0.481 e. The maximum atomic E-state index is 11.1. The van der Waals surface area contributed by atoms with Crippen molar-refractivity contribution >= 4 is 16.9 Å².